The molecule has 0 radical (unpaired) electrons. The van der Waals surface area contributed by atoms with E-state index in [9.17, 15) is 9.59 Å². The largest absolute Gasteiger partial charge is 0.491 e. The van der Waals surface area contributed by atoms with E-state index in [0.717, 1.165) is 5.56 Å². The Morgan fingerprint density at radius 1 is 0.784 bits per heavy atom. The maximum atomic E-state index is 12.8. The van der Waals surface area contributed by atoms with E-state index >= 15 is 0 Å². The highest BCUT2D eigenvalue weighted by Gasteiger charge is 2.30. The minimum absolute atomic E-state index is 0.316. The lowest BCUT2D eigenvalue weighted by Gasteiger charge is -2.15. The molecule has 0 aliphatic carbocycles. The van der Waals surface area contributed by atoms with Gasteiger partial charge >= 0.3 is 11.9 Å². The Bertz CT molecular complexity index is 1430. The quantitative estimate of drug-likeness (QED) is 0.171. The number of hydrogen-bond donors (Lipinski definition) is 0. The molecule has 0 bridgehead atoms. The van der Waals surface area contributed by atoms with Crippen molar-refractivity contribution in [3.63, 3.8) is 0 Å². The summed E-state index contributed by atoms with van der Waals surface area (Å²) in [6.07, 6.45) is -0.400. The predicted octanol–water partition coefficient (Wildman–Crippen LogP) is 2.33. The molecule has 0 fully saturated rings. The van der Waals surface area contributed by atoms with E-state index in [0.29, 0.717) is 70.8 Å². The van der Waals surface area contributed by atoms with Gasteiger partial charge in [0.2, 0.25) is 0 Å². The molecule has 0 amide bonds. The molecular formula is C29H26O8. The zero-order valence-electron chi connectivity index (χ0n) is 20.5. The van der Waals surface area contributed by atoms with Crippen LogP contribution in [-0.2, 0) is 23.8 Å². The van der Waals surface area contributed by atoms with Crippen LogP contribution in [0.4, 0.5) is 0 Å². The number of ether oxygens (including phenoxy) is 6. The molecule has 0 saturated heterocycles. The normalized spacial score (nSPS) is 14.8. The fourth-order valence-corrected chi connectivity index (χ4v) is 4.28. The molecule has 5 rings (SSSR count). The van der Waals surface area contributed by atoms with Gasteiger partial charge in [0.25, 0.3) is 0 Å². The van der Waals surface area contributed by atoms with E-state index in [-0.39, 0.29) is 0 Å². The summed E-state index contributed by atoms with van der Waals surface area (Å²) in [7, 11) is 1.57. The van der Waals surface area contributed by atoms with Crippen molar-refractivity contribution in [2.45, 2.75) is 13.2 Å². The van der Waals surface area contributed by atoms with Crippen molar-refractivity contribution in [1.82, 2.24) is 0 Å². The zero-order valence-corrected chi connectivity index (χ0v) is 20.5. The second kappa shape index (κ2) is 11.0. The van der Waals surface area contributed by atoms with E-state index in [2.05, 4.69) is 0 Å². The van der Waals surface area contributed by atoms with Gasteiger partial charge in [-0.3, -0.25) is 0 Å². The highest BCUT2D eigenvalue weighted by Crippen LogP contribution is 2.27. The molecule has 8 heteroatoms. The lowest BCUT2D eigenvalue weighted by molar-refractivity contribution is -0.155. The van der Waals surface area contributed by atoms with Crippen LogP contribution in [0.2, 0.25) is 0 Å². The van der Waals surface area contributed by atoms with Gasteiger partial charge in [0.05, 0.1) is 24.4 Å². The predicted molar refractivity (Wildman–Crippen MR) is 134 cm³/mol. The van der Waals surface area contributed by atoms with Crippen molar-refractivity contribution < 1.29 is 38.0 Å². The molecule has 2 heterocycles. The van der Waals surface area contributed by atoms with Crippen LogP contribution in [0.25, 0.3) is 11.1 Å². The van der Waals surface area contributed by atoms with Crippen LogP contribution >= 0.6 is 0 Å². The third kappa shape index (κ3) is 5.13. The van der Waals surface area contributed by atoms with E-state index in [1.165, 1.54) is 0 Å². The van der Waals surface area contributed by atoms with Crippen LogP contribution in [0.5, 0.6) is 17.2 Å². The van der Waals surface area contributed by atoms with E-state index in [4.69, 9.17) is 28.4 Å². The molecule has 3 aromatic rings. The first-order valence-electron chi connectivity index (χ1n) is 12.0. The number of fused-ring (bicyclic) bond motifs is 2. The van der Waals surface area contributed by atoms with E-state index in [1.807, 2.05) is 37.3 Å². The summed E-state index contributed by atoms with van der Waals surface area (Å²) in [4.78, 5) is 25.4. The number of esters is 2. The van der Waals surface area contributed by atoms with Gasteiger partial charge in [0.15, 0.2) is 6.29 Å². The maximum Gasteiger partial charge on any atom is 0.344 e. The summed E-state index contributed by atoms with van der Waals surface area (Å²) in [6.45, 7) is 3.47. The molecule has 8 nitrogen and oxygen atoms in total. The summed E-state index contributed by atoms with van der Waals surface area (Å²) >= 11 is 0. The van der Waals surface area contributed by atoms with Gasteiger partial charge in [-0.2, -0.15) is 0 Å². The van der Waals surface area contributed by atoms with Gasteiger partial charge in [-0.05, 0) is 42.3 Å². The molecular weight excluding hydrogens is 476 g/mol. The first-order chi connectivity index (χ1) is 18.1. The molecule has 1 atom stereocenters. The van der Waals surface area contributed by atoms with Crippen LogP contribution in [0.3, 0.4) is 0 Å². The fraction of sp³-hybridized carbons (Fsp3) is 0.241. The van der Waals surface area contributed by atoms with Crippen molar-refractivity contribution in [3.05, 3.63) is 88.3 Å². The molecule has 2 aliphatic heterocycles. The minimum atomic E-state index is -0.463. The highest BCUT2D eigenvalue weighted by molar-refractivity contribution is 6.21. The van der Waals surface area contributed by atoms with Crippen molar-refractivity contribution in [1.29, 1.82) is 0 Å². The Kier molecular flexibility index (Phi) is 7.32. The van der Waals surface area contributed by atoms with Crippen molar-refractivity contribution in [2.24, 2.45) is 0 Å². The summed E-state index contributed by atoms with van der Waals surface area (Å²) in [5.41, 5.74) is 2.26. The monoisotopic (exact) mass is 502 g/mol. The van der Waals surface area contributed by atoms with Crippen LogP contribution in [-0.4, -0.2) is 51.8 Å². The van der Waals surface area contributed by atoms with Crippen LogP contribution in [0.15, 0.2) is 66.7 Å². The molecule has 0 saturated carbocycles. The second-order valence-electron chi connectivity index (χ2n) is 8.31. The molecule has 0 N–H and O–H groups in total. The smallest absolute Gasteiger partial charge is 0.344 e. The van der Waals surface area contributed by atoms with Gasteiger partial charge in [0, 0.05) is 24.2 Å². The lowest BCUT2D eigenvalue weighted by atomic mass is 10.0. The molecule has 190 valence electrons. The zero-order chi connectivity index (χ0) is 25.8. The molecule has 0 spiro atoms. The second-order valence-corrected chi connectivity index (χ2v) is 8.31. The summed E-state index contributed by atoms with van der Waals surface area (Å²) in [6, 6.07) is 19.8. The Balaban J connectivity index is 1.34. The van der Waals surface area contributed by atoms with E-state index < -0.39 is 18.2 Å². The summed E-state index contributed by atoms with van der Waals surface area (Å²) < 4.78 is 32.9. The Hall–Kier alpha value is -3.98. The Morgan fingerprint density at radius 3 is 1.95 bits per heavy atom. The van der Waals surface area contributed by atoms with Crippen molar-refractivity contribution >= 4 is 23.1 Å². The maximum absolute atomic E-state index is 12.8. The third-order valence-corrected chi connectivity index (χ3v) is 6.01. The number of carbonyl (C=O) groups excluding carboxylic acids is 2. The van der Waals surface area contributed by atoms with Gasteiger partial charge in [0.1, 0.15) is 23.9 Å². The third-order valence-electron chi connectivity index (χ3n) is 6.01. The number of carbonyl (C=O) groups is 2. The average molecular weight is 503 g/mol. The minimum Gasteiger partial charge on any atom is -0.491 e. The molecule has 3 aromatic carbocycles. The molecule has 2 aliphatic rings. The molecule has 0 aromatic heterocycles. The standard InChI is InChI=1S/C29H26O8/c1-3-34-25(32-2)17-33-13-14-35-20-11-9-19(10-12-20)27-22-16-23-21(15-24(22)37-29(27)31)26(28(30)36-23)18-7-5-4-6-8-18/h4-12,15-16,25H,3,13-14,17H2,1-2H3. The SMILES string of the molecule is CCOC(COCCOc1ccc(C2=c3cc4c(cc3OC2=O)=C(c2ccccc2)C(=O)O4)cc1)OC. The van der Waals surface area contributed by atoms with E-state index in [1.54, 1.807) is 43.5 Å². The number of methoxy groups -OCH3 is 1. The van der Waals surface area contributed by atoms with Crippen LogP contribution in [0.1, 0.15) is 18.1 Å². The summed E-state index contributed by atoms with van der Waals surface area (Å²) in [5.74, 6) is 0.537. The number of hydrogen-bond acceptors (Lipinski definition) is 8. The fourth-order valence-electron chi connectivity index (χ4n) is 4.28. The Morgan fingerprint density at radius 2 is 1.38 bits per heavy atom. The van der Waals surface area contributed by atoms with Crippen LogP contribution < -0.4 is 24.6 Å². The first kappa shape index (κ1) is 24.7. The summed E-state index contributed by atoms with van der Waals surface area (Å²) in [5, 5.41) is 1.18. The van der Waals surface area contributed by atoms with Crippen molar-refractivity contribution in [2.75, 3.05) is 33.5 Å². The first-order valence-corrected chi connectivity index (χ1v) is 12.0. The number of rotatable bonds is 11. The van der Waals surface area contributed by atoms with Gasteiger partial charge in [-0.25, -0.2) is 9.59 Å². The average Bonchev–Trinajstić information content (AvgIpc) is 3.41. The van der Waals surface area contributed by atoms with Gasteiger partial charge < -0.3 is 28.4 Å². The Labute approximate surface area is 213 Å². The highest BCUT2D eigenvalue weighted by atomic mass is 16.7. The van der Waals surface area contributed by atoms with Gasteiger partial charge in [-0.15, -0.1) is 0 Å². The van der Waals surface area contributed by atoms with Gasteiger partial charge in [-0.1, -0.05) is 42.5 Å². The molecule has 1 unspecified atom stereocenters. The topological polar surface area (TPSA) is 89.5 Å². The van der Waals surface area contributed by atoms with Crippen molar-refractivity contribution in [3.8, 4) is 17.2 Å². The molecule has 37 heavy (non-hydrogen) atoms. The number of benzene rings is 3. The lowest BCUT2D eigenvalue weighted by Crippen LogP contribution is -2.23. The van der Waals surface area contributed by atoms with Crippen LogP contribution in [0, 0.1) is 0 Å².